The molecule has 0 saturated carbocycles. The fourth-order valence-corrected chi connectivity index (χ4v) is 3.18. The van der Waals surface area contributed by atoms with Crippen LogP contribution >= 0.6 is 0 Å². The first kappa shape index (κ1) is 19.2. The van der Waals surface area contributed by atoms with E-state index in [-0.39, 0.29) is 0 Å². The second-order valence-corrected chi connectivity index (χ2v) is 6.40. The van der Waals surface area contributed by atoms with Crippen molar-refractivity contribution in [3.05, 3.63) is 17.7 Å². The summed E-state index contributed by atoms with van der Waals surface area (Å²) in [5, 5.41) is 3.47. The molecule has 6 heteroatoms. The molecule has 1 aliphatic rings. The molecule has 25 heavy (non-hydrogen) atoms. The first-order chi connectivity index (χ1) is 12.1. The Kier molecular flexibility index (Phi) is 7.22. The van der Waals surface area contributed by atoms with Crippen molar-refractivity contribution >= 4 is 5.96 Å². The van der Waals surface area contributed by atoms with E-state index in [1.807, 2.05) is 19.2 Å². The molecule has 1 aromatic carbocycles. The molecular weight excluding hydrogens is 318 g/mol. The topological polar surface area (TPSA) is 55.3 Å². The zero-order chi connectivity index (χ0) is 18.2. The Morgan fingerprint density at radius 1 is 1.12 bits per heavy atom. The summed E-state index contributed by atoms with van der Waals surface area (Å²) in [6.45, 7) is 5.21. The molecule has 1 heterocycles. The fourth-order valence-electron chi connectivity index (χ4n) is 3.18. The van der Waals surface area contributed by atoms with Crippen molar-refractivity contribution < 1.29 is 14.2 Å². The van der Waals surface area contributed by atoms with Crippen LogP contribution < -0.4 is 19.5 Å². The SMILES string of the molecule is CN=C(NCCc1c(OC)cc(OC)cc1OC)N1CCC(C)CC1. The van der Waals surface area contributed by atoms with Crippen molar-refractivity contribution in [1.82, 2.24) is 10.2 Å². The number of benzene rings is 1. The van der Waals surface area contributed by atoms with Gasteiger partial charge in [-0.05, 0) is 25.2 Å². The maximum absolute atomic E-state index is 5.51. The summed E-state index contributed by atoms with van der Waals surface area (Å²) in [5.74, 6) is 4.06. The largest absolute Gasteiger partial charge is 0.496 e. The number of nitrogens with zero attached hydrogens (tertiary/aromatic N) is 2. The fraction of sp³-hybridized carbons (Fsp3) is 0.632. The molecule has 1 fully saturated rings. The third-order valence-electron chi connectivity index (χ3n) is 4.77. The van der Waals surface area contributed by atoms with Gasteiger partial charge in [0.2, 0.25) is 0 Å². The summed E-state index contributed by atoms with van der Waals surface area (Å²) < 4.78 is 16.3. The number of hydrogen-bond donors (Lipinski definition) is 1. The molecule has 1 saturated heterocycles. The van der Waals surface area contributed by atoms with E-state index < -0.39 is 0 Å². The Morgan fingerprint density at radius 3 is 2.20 bits per heavy atom. The van der Waals surface area contributed by atoms with Crippen LogP contribution in [-0.4, -0.2) is 58.9 Å². The Hall–Kier alpha value is -2.11. The van der Waals surface area contributed by atoms with E-state index in [1.54, 1.807) is 21.3 Å². The zero-order valence-electron chi connectivity index (χ0n) is 16.1. The van der Waals surface area contributed by atoms with Crippen LogP contribution in [0, 0.1) is 5.92 Å². The van der Waals surface area contributed by atoms with Gasteiger partial charge < -0.3 is 24.4 Å². The molecule has 0 radical (unpaired) electrons. The summed E-state index contributed by atoms with van der Waals surface area (Å²) in [4.78, 5) is 6.77. The third kappa shape index (κ3) is 4.94. The van der Waals surface area contributed by atoms with Crippen molar-refractivity contribution in [2.45, 2.75) is 26.2 Å². The maximum atomic E-state index is 5.51. The first-order valence-corrected chi connectivity index (χ1v) is 8.87. The first-order valence-electron chi connectivity index (χ1n) is 8.87. The molecule has 0 aliphatic carbocycles. The van der Waals surface area contributed by atoms with Gasteiger partial charge >= 0.3 is 0 Å². The highest BCUT2D eigenvalue weighted by atomic mass is 16.5. The molecular formula is C19H31N3O3. The van der Waals surface area contributed by atoms with E-state index in [4.69, 9.17) is 14.2 Å². The number of likely N-dealkylation sites (tertiary alicyclic amines) is 1. The van der Waals surface area contributed by atoms with Crippen LogP contribution in [0.2, 0.25) is 0 Å². The van der Waals surface area contributed by atoms with Gasteiger partial charge in [-0.25, -0.2) is 0 Å². The lowest BCUT2D eigenvalue weighted by atomic mass is 9.99. The lowest BCUT2D eigenvalue weighted by Crippen LogP contribution is -2.45. The molecule has 1 N–H and O–H groups in total. The minimum absolute atomic E-state index is 0.726. The summed E-state index contributed by atoms with van der Waals surface area (Å²) >= 11 is 0. The average Bonchev–Trinajstić information content (AvgIpc) is 2.65. The number of methoxy groups -OCH3 is 3. The third-order valence-corrected chi connectivity index (χ3v) is 4.77. The Labute approximate surface area is 151 Å². The van der Waals surface area contributed by atoms with Gasteiger partial charge in [0.05, 0.1) is 21.3 Å². The Balaban J connectivity index is 2.00. The second kappa shape index (κ2) is 9.39. The molecule has 140 valence electrons. The Bertz CT molecular complexity index is 556. The van der Waals surface area contributed by atoms with Crippen molar-refractivity contribution in [3.8, 4) is 17.2 Å². The quantitative estimate of drug-likeness (QED) is 0.632. The number of guanidine groups is 1. The van der Waals surface area contributed by atoms with Crippen LogP contribution in [0.5, 0.6) is 17.2 Å². The van der Waals surface area contributed by atoms with Crippen LogP contribution in [-0.2, 0) is 6.42 Å². The number of nitrogens with one attached hydrogen (secondary N) is 1. The van der Waals surface area contributed by atoms with Crippen molar-refractivity contribution in [1.29, 1.82) is 0 Å². The minimum atomic E-state index is 0.726. The lowest BCUT2D eigenvalue weighted by molar-refractivity contribution is 0.273. The van der Waals surface area contributed by atoms with Crippen LogP contribution in [0.4, 0.5) is 0 Å². The maximum Gasteiger partial charge on any atom is 0.193 e. The van der Waals surface area contributed by atoms with E-state index >= 15 is 0 Å². The zero-order valence-corrected chi connectivity index (χ0v) is 16.1. The normalized spacial score (nSPS) is 15.9. The molecule has 0 amide bonds. The number of hydrogen-bond acceptors (Lipinski definition) is 4. The molecule has 1 aliphatic heterocycles. The second-order valence-electron chi connectivity index (χ2n) is 6.40. The van der Waals surface area contributed by atoms with Crippen molar-refractivity contribution in [2.75, 3.05) is 48.0 Å². The predicted octanol–water partition coefficient (Wildman–Crippen LogP) is 2.56. The van der Waals surface area contributed by atoms with Gasteiger partial charge in [-0.1, -0.05) is 6.92 Å². The number of rotatable bonds is 6. The highest BCUT2D eigenvalue weighted by molar-refractivity contribution is 5.80. The Morgan fingerprint density at radius 2 is 1.72 bits per heavy atom. The van der Waals surface area contributed by atoms with Crippen molar-refractivity contribution in [3.63, 3.8) is 0 Å². The van der Waals surface area contributed by atoms with Gasteiger partial charge in [0.1, 0.15) is 17.2 Å². The van der Waals surface area contributed by atoms with Gasteiger partial charge in [-0.15, -0.1) is 0 Å². The van der Waals surface area contributed by atoms with Gasteiger partial charge in [-0.2, -0.15) is 0 Å². The van der Waals surface area contributed by atoms with Gasteiger partial charge in [0.25, 0.3) is 0 Å². The van der Waals surface area contributed by atoms with E-state index in [1.165, 1.54) is 12.8 Å². The molecule has 6 nitrogen and oxygen atoms in total. The smallest absolute Gasteiger partial charge is 0.193 e. The molecule has 0 atom stereocenters. The molecule has 1 aromatic rings. The highest BCUT2D eigenvalue weighted by Crippen LogP contribution is 2.34. The number of piperidine rings is 1. The molecule has 0 unspecified atom stereocenters. The van der Waals surface area contributed by atoms with E-state index in [9.17, 15) is 0 Å². The van der Waals surface area contributed by atoms with Gasteiger partial charge in [0.15, 0.2) is 5.96 Å². The lowest BCUT2D eigenvalue weighted by Gasteiger charge is -2.33. The summed E-state index contributed by atoms with van der Waals surface area (Å²) in [5.41, 5.74) is 1.03. The molecule has 0 bridgehead atoms. The standard InChI is InChI=1S/C19H31N3O3/c1-14-7-10-22(11-8-14)19(20-2)21-9-6-16-17(24-4)12-15(23-3)13-18(16)25-5/h12-14H,6-11H2,1-5H3,(H,20,21). The molecule has 0 aromatic heterocycles. The summed E-state index contributed by atoms with van der Waals surface area (Å²) in [7, 11) is 6.81. The van der Waals surface area contributed by atoms with Gasteiger partial charge in [-0.3, -0.25) is 4.99 Å². The monoisotopic (exact) mass is 349 g/mol. The van der Waals surface area contributed by atoms with E-state index in [2.05, 4.69) is 22.1 Å². The van der Waals surface area contributed by atoms with E-state index in [0.29, 0.717) is 0 Å². The molecule has 0 spiro atoms. The summed E-state index contributed by atoms with van der Waals surface area (Å²) in [6, 6.07) is 3.78. The van der Waals surface area contributed by atoms with E-state index in [0.717, 1.165) is 60.7 Å². The highest BCUT2D eigenvalue weighted by Gasteiger charge is 2.19. The summed E-state index contributed by atoms with van der Waals surface area (Å²) in [6.07, 6.45) is 3.22. The van der Waals surface area contributed by atoms with Crippen molar-refractivity contribution in [2.24, 2.45) is 10.9 Å². The van der Waals surface area contributed by atoms with Gasteiger partial charge in [0, 0.05) is 44.4 Å². The minimum Gasteiger partial charge on any atom is -0.496 e. The van der Waals surface area contributed by atoms with Crippen LogP contribution in [0.15, 0.2) is 17.1 Å². The average molecular weight is 349 g/mol. The van der Waals surface area contributed by atoms with Crippen LogP contribution in [0.3, 0.4) is 0 Å². The molecule has 2 rings (SSSR count). The number of ether oxygens (including phenoxy) is 3. The number of aliphatic imine (C=N–C) groups is 1. The predicted molar refractivity (Wildman–Crippen MR) is 101 cm³/mol. The van der Waals surface area contributed by atoms with Crippen LogP contribution in [0.25, 0.3) is 0 Å². The van der Waals surface area contributed by atoms with Crippen LogP contribution in [0.1, 0.15) is 25.3 Å².